The predicted octanol–water partition coefficient (Wildman–Crippen LogP) is 4.10. The van der Waals surface area contributed by atoms with Crippen LogP contribution in [-0.2, 0) is 9.53 Å². The number of carbonyl (C=O) groups excluding carboxylic acids is 2. The molecule has 0 aliphatic rings. The number of anilines is 2. The van der Waals surface area contributed by atoms with Crippen LogP contribution in [0.4, 0.5) is 17.1 Å². The van der Waals surface area contributed by atoms with Gasteiger partial charge in [-0.25, -0.2) is 4.79 Å². The van der Waals surface area contributed by atoms with Crippen molar-refractivity contribution < 1.29 is 19.2 Å². The number of rotatable bonds is 7. The minimum Gasteiger partial charge on any atom is -0.452 e. The van der Waals surface area contributed by atoms with Gasteiger partial charge in [0.2, 0.25) is 0 Å². The van der Waals surface area contributed by atoms with Gasteiger partial charge in [0.1, 0.15) is 5.69 Å². The molecule has 3 aromatic rings. The van der Waals surface area contributed by atoms with Gasteiger partial charge in [0.25, 0.3) is 11.6 Å². The number of amides is 1. The molecule has 0 aromatic heterocycles. The number of para-hydroxylation sites is 1. The summed E-state index contributed by atoms with van der Waals surface area (Å²) < 4.78 is 5.02. The number of esters is 1. The van der Waals surface area contributed by atoms with Crippen molar-refractivity contribution in [2.45, 2.75) is 0 Å². The Morgan fingerprint density at radius 2 is 1.67 bits per heavy atom. The quantitative estimate of drug-likeness (QED) is 0.348. The maximum absolute atomic E-state index is 12.3. The first-order valence-electron chi connectivity index (χ1n) is 9.07. The van der Waals surface area contributed by atoms with Crippen molar-refractivity contribution in [2.75, 3.05) is 24.3 Å². The zero-order valence-corrected chi connectivity index (χ0v) is 16.1. The average molecular weight is 405 g/mol. The summed E-state index contributed by atoms with van der Waals surface area (Å²) in [6.07, 6.45) is 0. The summed E-state index contributed by atoms with van der Waals surface area (Å²) in [5.74, 6) is -1.35. The summed E-state index contributed by atoms with van der Waals surface area (Å²) in [4.78, 5) is 35.0. The van der Waals surface area contributed by atoms with Crippen LogP contribution in [0.1, 0.15) is 10.4 Å². The fourth-order valence-corrected chi connectivity index (χ4v) is 2.88. The topological polar surface area (TPSA) is 111 Å². The van der Waals surface area contributed by atoms with Gasteiger partial charge in [-0.2, -0.15) is 0 Å². The van der Waals surface area contributed by atoms with Crippen molar-refractivity contribution >= 4 is 28.9 Å². The average Bonchev–Trinajstić information content (AvgIpc) is 2.78. The Hall–Kier alpha value is -4.20. The number of nitrogens with zero attached hydrogens (tertiary/aromatic N) is 1. The Kier molecular flexibility index (Phi) is 6.39. The molecule has 0 atom stereocenters. The zero-order chi connectivity index (χ0) is 21.5. The third-order valence-electron chi connectivity index (χ3n) is 4.32. The lowest BCUT2D eigenvalue weighted by atomic mass is 10.0. The summed E-state index contributed by atoms with van der Waals surface area (Å²) in [7, 11) is 1.54. The molecule has 3 aromatic carbocycles. The molecule has 0 spiro atoms. The van der Waals surface area contributed by atoms with E-state index >= 15 is 0 Å². The number of carbonyl (C=O) groups is 2. The van der Waals surface area contributed by atoms with E-state index < -0.39 is 23.4 Å². The van der Waals surface area contributed by atoms with Crippen LogP contribution in [0.3, 0.4) is 0 Å². The van der Waals surface area contributed by atoms with Gasteiger partial charge in [-0.05, 0) is 23.8 Å². The fraction of sp³-hybridized carbons (Fsp3) is 0.0909. The van der Waals surface area contributed by atoms with E-state index in [9.17, 15) is 19.7 Å². The molecule has 8 nitrogen and oxygen atoms in total. The molecule has 3 rings (SSSR count). The molecular formula is C22H19N3O5. The minimum atomic E-state index is -0.827. The van der Waals surface area contributed by atoms with E-state index in [1.165, 1.54) is 19.2 Å². The van der Waals surface area contributed by atoms with Crippen LogP contribution in [0.2, 0.25) is 0 Å². The summed E-state index contributed by atoms with van der Waals surface area (Å²) in [5.41, 5.74) is 2.34. The Morgan fingerprint density at radius 3 is 2.37 bits per heavy atom. The molecular weight excluding hydrogens is 386 g/mol. The molecule has 2 N–H and O–H groups in total. The van der Waals surface area contributed by atoms with Crippen molar-refractivity contribution in [3.63, 3.8) is 0 Å². The molecule has 0 unspecified atom stereocenters. The van der Waals surface area contributed by atoms with Crippen LogP contribution in [0.25, 0.3) is 11.1 Å². The number of hydrogen-bond acceptors (Lipinski definition) is 6. The lowest BCUT2D eigenvalue weighted by Gasteiger charge is -2.11. The van der Waals surface area contributed by atoms with Crippen LogP contribution in [0.5, 0.6) is 0 Å². The van der Waals surface area contributed by atoms with Crippen molar-refractivity contribution in [3.8, 4) is 11.1 Å². The van der Waals surface area contributed by atoms with Gasteiger partial charge in [-0.1, -0.05) is 48.5 Å². The van der Waals surface area contributed by atoms with E-state index in [1.54, 1.807) is 12.1 Å². The highest BCUT2D eigenvalue weighted by atomic mass is 16.6. The van der Waals surface area contributed by atoms with E-state index in [-0.39, 0.29) is 16.9 Å². The van der Waals surface area contributed by atoms with Crippen molar-refractivity contribution in [1.82, 2.24) is 0 Å². The molecule has 0 saturated heterocycles. The highest BCUT2D eigenvalue weighted by Crippen LogP contribution is 2.28. The normalized spacial score (nSPS) is 10.2. The molecule has 0 aliphatic heterocycles. The van der Waals surface area contributed by atoms with Gasteiger partial charge in [-0.3, -0.25) is 14.9 Å². The molecule has 0 heterocycles. The molecule has 152 valence electrons. The fourth-order valence-electron chi connectivity index (χ4n) is 2.88. The maximum atomic E-state index is 12.3. The summed E-state index contributed by atoms with van der Waals surface area (Å²) in [6, 6.07) is 20.7. The number of hydrogen-bond donors (Lipinski definition) is 2. The third-order valence-corrected chi connectivity index (χ3v) is 4.32. The van der Waals surface area contributed by atoms with E-state index in [0.717, 1.165) is 17.2 Å². The van der Waals surface area contributed by atoms with Crippen LogP contribution in [0.15, 0.2) is 72.8 Å². The largest absolute Gasteiger partial charge is 0.452 e. The summed E-state index contributed by atoms with van der Waals surface area (Å²) in [5, 5.41) is 16.5. The third kappa shape index (κ3) is 4.79. The smallest absolute Gasteiger partial charge is 0.338 e. The van der Waals surface area contributed by atoms with Crippen molar-refractivity contribution in [2.24, 2.45) is 0 Å². The Labute approximate surface area is 172 Å². The lowest BCUT2D eigenvalue weighted by Crippen LogP contribution is -2.21. The van der Waals surface area contributed by atoms with Gasteiger partial charge in [0, 0.05) is 24.4 Å². The van der Waals surface area contributed by atoms with E-state index in [4.69, 9.17) is 4.74 Å². The number of ether oxygens (including phenoxy) is 1. The second-order valence-corrected chi connectivity index (χ2v) is 6.27. The monoisotopic (exact) mass is 405 g/mol. The van der Waals surface area contributed by atoms with E-state index in [2.05, 4.69) is 10.6 Å². The minimum absolute atomic E-state index is 0.0156. The van der Waals surface area contributed by atoms with Crippen LogP contribution in [-0.4, -0.2) is 30.5 Å². The van der Waals surface area contributed by atoms with Crippen LogP contribution >= 0.6 is 0 Å². The van der Waals surface area contributed by atoms with Gasteiger partial charge in [0.15, 0.2) is 6.61 Å². The summed E-state index contributed by atoms with van der Waals surface area (Å²) in [6.45, 7) is -0.524. The lowest BCUT2D eigenvalue weighted by molar-refractivity contribution is -0.384. The molecule has 8 heteroatoms. The molecule has 0 radical (unpaired) electrons. The first-order valence-corrected chi connectivity index (χ1v) is 9.07. The Bertz CT molecular complexity index is 1080. The second kappa shape index (κ2) is 9.33. The van der Waals surface area contributed by atoms with Crippen LogP contribution < -0.4 is 10.6 Å². The first kappa shape index (κ1) is 20.5. The highest BCUT2D eigenvalue weighted by Gasteiger charge is 2.18. The molecule has 0 saturated carbocycles. The maximum Gasteiger partial charge on any atom is 0.338 e. The van der Waals surface area contributed by atoms with E-state index in [0.29, 0.717) is 5.69 Å². The van der Waals surface area contributed by atoms with E-state index in [1.807, 2.05) is 42.5 Å². The molecule has 1 amide bonds. The first-order chi connectivity index (χ1) is 14.5. The van der Waals surface area contributed by atoms with Crippen molar-refractivity contribution in [3.05, 3.63) is 88.5 Å². The number of nitro benzene ring substituents is 1. The molecule has 0 fully saturated rings. The van der Waals surface area contributed by atoms with Crippen molar-refractivity contribution in [1.29, 1.82) is 0 Å². The van der Waals surface area contributed by atoms with Gasteiger partial charge in [-0.15, -0.1) is 0 Å². The van der Waals surface area contributed by atoms with Gasteiger partial charge < -0.3 is 15.4 Å². The van der Waals surface area contributed by atoms with Gasteiger partial charge in [0.05, 0.1) is 10.5 Å². The Balaban J connectivity index is 1.67. The van der Waals surface area contributed by atoms with Gasteiger partial charge >= 0.3 is 5.97 Å². The number of benzene rings is 3. The SMILES string of the molecule is CNc1ccc(C(=O)OCC(=O)Nc2ccccc2-c2ccccc2)cc1[N+](=O)[O-]. The summed E-state index contributed by atoms with van der Waals surface area (Å²) >= 11 is 0. The number of nitrogens with one attached hydrogen (secondary N) is 2. The second-order valence-electron chi connectivity index (χ2n) is 6.27. The standard InChI is InChI=1S/C22H19N3O5/c1-23-19-12-11-16(13-20(19)25(28)29)22(27)30-14-21(26)24-18-10-6-5-9-17(18)15-7-3-2-4-8-15/h2-13,23H,14H2,1H3,(H,24,26). The molecule has 0 aliphatic carbocycles. The molecule has 0 bridgehead atoms. The van der Waals surface area contributed by atoms with Crippen LogP contribution in [0, 0.1) is 10.1 Å². The Morgan fingerprint density at radius 1 is 0.967 bits per heavy atom. The predicted molar refractivity (Wildman–Crippen MR) is 113 cm³/mol. The molecule has 30 heavy (non-hydrogen) atoms. The highest BCUT2D eigenvalue weighted by molar-refractivity contribution is 5.98. The zero-order valence-electron chi connectivity index (χ0n) is 16.1. The number of nitro groups is 1.